The van der Waals surface area contributed by atoms with Crippen LogP contribution in [0.25, 0.3) is 11.0 Å². The molecule has 2 aliphatic rings. The number of furan rings is 1. The highest BCUT2D eigenvalue weighted by Gasteiger charge is 2.30. The van der Waals surface area contributed by atoms with Crippen LogP contribution in [-0.2, 0) is 9.59 Å². The monoisotopic (exact) mass is 515 g/mol. The van der Waals surface area contributed by atoms with Crippen molar-refractivity contribution in [1.29, 1.82) is 0 Å². The Balaban J connectivity index is 1.39. The van der Waals surface area contributed by atoms with E-state index in [4.69, 9.17) is 9.41 Å². The molecule has 3 aromatic rings. The number of fused-ring (bicyclic) bond motifs is 1. The van der Waals surface area contributed by atoms with E-state index in [1.54, 1.807) is 29.2 Å². The van der Waals surface area contributed by atoms with E-state index in [0.29, 0.717) is 24.2 Å². The van der Waals surface area contributed by atoms with Gasteiger partial charge in [-0.3, -0.25) is 19.7 Å². The normalized spacial score (nSPS) is 18.5. The van der Waals surface area contributed by atoms with Gasteiger partial charge in [-0.25, -0.2) is 4.99 Å². The average Bonchev–Trinajstić information content (AvgIpc) is 3.55. The summed E-state index contributed by atoms with van der Waals surface area (Å²) in [7, 11) is 0. The molecule has 2 N–H and O–H groups in total. The topological polar surface area (TPSA) is 107 Å². The first-order valence-electron chi connectivity index (χ1n) is 13.2. The third kappa shape index (κ3) is 6.04. The van der Waals surface area contributed by atoms with Crippen LogP contribution in [0.15, 0.2) is 64.0 Å². The quantitative estimate of drug-likeness (QED) is 0.395. The molecule has 5 rings (SSSR count). The molecule has 0 aliphatic carbocycles. The number of amides is 3. The minimum Gasteiger partial charge on any atom is -0.461 e. The zero-order chi connectivity index (χ0) is 26.5. The third-order valence-corrected chi connectivity index (χ3v) is 6.99. The molecule has 1 aromatic heterocycles. The minimum absolute atomic E-state index is 0.0140. The number of hydrogen-bond donors (Lipinski definition) is 2. The molecule has 0 saturated carbocycles. The molecule has 2 saturated heterocycles. The summed E-state index contributed by atoms with van der Waals surface area (Å²) in [5, 5.41) is 6.97. The van der Waals surface area contributed by atoms with Gasteiger partial charge in [0.2, 0.25) is 17.8 Å². The van der Waals surface area contributed by atoms with Gasteiger partial charge in [0.15, 0.2) is 0 Å². The molecule has 0 bridgehead atoms. The number of likely N-dealkylation sites (tertiary alicyclic amines) is 2. The van der Waals surface area contributed by atoms with Crippen molar-refractivity contribution in [3.63, 3.8) is 0 Å². The Bertz CT molecular complexity index is 1340. The van der Waals surface area contributed by atoms with Crippen molar-refractivity contribution in [2.24, 2.45) is 4.99 Å². The van der Waals surface area contributed by atoms with Crippen LogP contribution in [0.1, 0.15) is 48.2 Å². The molecule has 38 heavy (non-hydrogen) atoms. The van der Waals surface area contributed by atoms with Crippen molar-refractivity contribution >= 4 is 40.3 Å². The number of hydrogen-bond acceptors (Lipinski definition) is 5. The van der Waals surface area contributed by atoms with Gasteiger partial charge in [-0.05, 0) is 75.4 Å². The second-order valence-electron chi connectivity index (χ2n) is 9.89. The van der Waals surface area contributed by atoms with E-state index >= 15 is 0 Å². The minimum atomic E-state index is -0.706. The lowest BCUT2D eigenvalue weighted by atomic mass is 10.1. The maximum Gasteiger partial charge on any atom is 0.257 e. The number of anilines is 1. The van der Waals surface area contributed by atoms with Gasteiger partial charge in [-0.15, -0.1) is 0 Å². The summed E-state index contributed by atoms with van der Waals surface area (Å²) in [4.78, 5) is 47.5. The third-order valence-electron chi connectivity index (χ3n) is 6.99. The Morgan fingerprint density at radius 1 is 1.00 bits per heavy atom. The summed E-state index contributed by atoms with van der Waals surface area (Å²) in [5.74, 6) is 0.448. The van der Waals surface area contributed by atoms with Gasteiger partial charge in [0.05, 0.1) is 6.54 Å². The second-order valence-corrected chi connectivity index (χ2v) is 9.89. The molecule has 2 aromatic carbocycles. The first-order valence-corrected chi connectivity index (χ1v) is 13.2. The first-order chi connectivity index (χ1) is 18.5. The van der Waals surface area contributed by atoms with Crippen molar-refractivity contribution in [2.45, 2.75) is 45.1 Å². The summed E-state index contributed by atoms with van der Waals surface area (Å²) in [6.07, 6.45) is 4.16. The fourth-order valence-electron chi connectivity index (χ4n) is 5.00. The zero-order valence-electron chi connectivity index (χ0n) is 21.6. The van der Waals surface area contributed by atoms with E-state index in [1.165, 1.54) is 0 Å². The van der Waals surface area contributed by atoms with E-state index in [-0.39, 0.29) is 30.2 Å². The number of carbonyl (C=O) groups excluding carboxylic acids is 3. The van der Waals surface area contributed by atoms with Gasteiger partial charge < -0.3 is 19.5 Å². The van der Waals surface area contributed by atoms with Gasteiger partial charge in [-0.2, -0.15) is 0 Å². The second kappa shape index (κ2) is 11.5. The average molecular weight is 516 g/mol. The zero-order valence-corrected chi connectivity index (χ0v) is 21.6. The summed E-state index contributed by atoms with van der Waals surface area (Å²) in [6, 6.07) is 15.7. The van der Waals surface area contributed by atoms with Crippen LogP contribution < -0.4 is 10.6 Å². The van der Waals surface area contributed by atoms with Crippen LogP contribution in [0, 0.1) is 6.92 Å². The van der Waals surface area contributed by atoms with Crippen LogP contribution in [0.2, 0.25) is 0 Å². The van der Waals surface area contributed by atoms with Crippen LogP contribution in [0.5, 0.6) is 0 Å². The highest BCUT2D eigenvalue weighted by molar-refractivity contribution is 6.10. The Morgan fingerprint density at radius 3 is 2.55 bits per heavy atom. The van der Waals surface area contributed by atoms with Gasteiger partial charge in [-0.1, -0.05) is 18.2 Å². The number of aliphatic imine (C=N–C) groups is 1. The van der Waals surface area contributed by atoms with Gasteiger partial charge in [0.1, 0.15) is 17.4 Å². The predicted molar refractivity (Wildman–Crippen MR) is 146 cm³/mol. The molecular formula is C29H33N5O4. The summed E-state index contributed by atoms with van der Waals surface area (Å²) in [5.41, 5.74) is 1.94. The maximum absolute atomic E-state index is 13.5. The molecule has 2 aliphatic heterocycles. The fourth-order valence-corrected chi connectivity index (χ4v) is 5.00. The molecule has 1 atom stereocenters. The molecule has 9 heteroatoms. The number of nitrogens with zero attached hydrogens (tertiary/aromatic N) is 3. The smallest absolute Gasteiger partial charge is 0.257 e. The molecule has 0 radical (unpaired) electrons. The Labute approximate surface area is 221 Å². The van der Waals surface area contributed by atoms with E-state index in [0.717, 1.165) is 55.5 Å². The SMILES string of the molecule is Cc1cc2cc(NC(=N[C@H]3CCCCN(CC(=O)N4CCCC4)C3=O)NC(=O)c3ccccc3)ccc2o1. The molecule has 3 heterocycles. The van der Waals surface area contributed by atoms with E-state index in [1.807, 2.05) is 42.2 Å². The van der Waals surface area contributed by atoms with Crippen molar-refractivity contribution in [1.82, 2.24) is 15.1 Å². The highest BCUT2D eigenvalue weighted by atomic mass is 16.3. The molecule has 198 valence electrons. The van der Waals surface area contributed by atoms with Gasteiger partial charge >= 0.3 is 0 Å². The van der Waals surface area contributed by atoms with Gasteiger partial charge in [0, 0.05) is 36.3 Å². The largest absolute Gasteiger partial charge is 0.461 e. The molecule has 9 nitrogen and oxygen atoms in total. The molecule has 2 fully saturated rings. The maximum atomic E-state index is 13.5. The van der Waals surface area contributed by atoms with Crippen LogP contribution in [0.3, 0.4) is 0 Å². The van der Waals surface area contributed by atoms with Crippen LogP contribution >= 0.6 is 0 Å². The summed E-state index contributed by atoms with van der Waals surface area (Å²) in [6.45, 7) is 3.99. The highest BCUT2D eigenvalue weighted by Crippen LogP contribution is 2.23. The Kier molecular flexibility index (Phi) is 7.72. The van der Waals surface area contributed by atoms with Crippen LogP contribution in [0.4, 0.5) is 5.69 Å². The lowest BCUT2D eigenvalue weighted by Crippen LogP contribution is -2.45. The van der Waals surface area contributed by atoms with Crippen molar-refractivity contribution < 1.29 is 18.8 Å². The van der Waals surface area contributed by atoms with Crippen molar-refractivity contribution in [3.8, 4) is 0 Å². The van der Waals surface area contributed by atoms with Crippen molar-refractivity contribution in [2.75, 3.05) is 31.5 Å². The number of carbonyl (C=O) groups is 3. The van der Waals surface area contributed by atoms with E-state index in [2.05, 4.69) is 10.6 Å². The Hall–Kier alpha value is -4.14. The standard InChI is InChI=1S/C29H33N5O4/c1-20-17-22-18-23(12-13-25(22)38-20)30-29(32-27(36)21-9-3-2-4-10-21)31-24-11-5-6-16-34(28(24)37)19-26(35)33-14-7-8-15-33/h2-4,9-10,12-13,17-18,24H,5-8,11,14-16,19H2,1H3,(H2,30,31,32,36)/t24-/m0/s1. The van der Waals surface area contributed by atoms with E-state index in [9.17, 15) is 14.4 Å². The first kappa shape index (κ1) is 25.5. The lowest BCUT2D eigenvalue weighted by Gasteiger charge is -2.25. The van der Waals surface area contributed by atoms with Gasteiger partial charge in [0.25, 0.3) is 5.91 Å². The molecule has 3 amide bonds. The molecular weight excluding hydrogens is 482 g/mol. The number of rotatable bonds is 5. The number of nitrogens with one attached hydrogen (secondary N) is 2. The molecule has 0 spiro atoms. The summed E-state index contributed by atoms with van der Waals surface area (Å²) >= 11 is 0. The number of aryl methyl sites for hydroxylation is 1. The molecule has 0 unspecified atom stereocenters. The fraction of sp³-hybridized carbons (Fsp3) is 0.379. The van der Waals surface area contributed by atoms with E-state index < -0.39 is 6.04 Å². The predicted octanol–water partition coefficient (Wildman–Crippen LogP) is 3.94. The number of guanidine groups is 1. The van der Waals surface area contributed by atoms with Crippen molar-refractivity contribution in [3.05, 3.63) is 65.9 Å². The lowest BCUT2D eigenvalue weighted by molar-refractivity contribution is -0.140. The number of benzene rings is 2. The van der Waals surface area contributed by atoms with Crippen LogP contribution in [-0.4, -0.2) is 65.7 Å². The summed E-state index contributed by atoms with van der Waals surface area (Å²) < 4.78 is 5.67. The Morgan fingerprint density at radius 2 is 1.76 bits per heavy atom.